The van der Waals surface area contributed by atoms with Crippen LogP contribution in [0.5, 0.6) is 17.2 Å². The zero-order valence-electron chi connectivity index (χ0n) is 18.3. The molecule has 0 amide bonds. The lowest BCUT2D eigenvalue weighted by Crippen LogP contribution is -2.36. The van der Waals surface area contributed by atoms with Crippen molar-refractivity contribution in [1.82, 2.24) is 10.6 Å². The van der Waals surface area contributed by atoms with Gasteiger partial charge < -0.3 is 30.0 Å². The van der Waals surface area contributed by atoms with E-state index in [0.717, 1.165) is 23.4 Å². The van der Waals surface area contributed by atoms with Gasteiger partial charge in [-0.2, -0.15) is 0 Å². The smallest absolute Gasteiger partial charge is 0.191 e. The Bertz CT molecular complexity index is 824. The number of phenolic OH excluding ortho intramolecular Hbond substituents is 1. The standard InChI is InChI=1S/C23H33N3O4/c1-5-24-23(26-16-19-14-20(28-4)9-10-21(19)27)25-15-18-8-7-17(3)13-22(18)30-12-11-29-6-2/h7-10,13-14,27H,5-6,11-12,15-16H2,1-4H3,(H2,24,25,26). The van der Waals surface area contributed by atoms with Crippen LogP contribution in [0.3, 0.4) is 0 Å². The fourth-order valence-corrected chi connectivity index (χ4v) is 2.80. The van der Waals surface area contributed by atoms with Crippen molar-refractivity contribution in [1.29, 1.82) is 0 Å². The van der Waals surface area contributed by atoms with E-state index in [1.807, 2.05) is 26.8 Å². The minimum Gasteiger partial charge on any atom is -0.508 e. The van der Waals surface area contributed by atoms with E-state index in [2.05, 4.69) is 27.8 Å². The highest BCUT2D eigenvalue weighted by Crippen LogP contribution is 2.23. The molecule has 0 bridgehead atoms. The van der Waals surface area contributed by atoms with Crippen LogP contribution in [0, 0.1) is 6.92 Å². The van der Waals surface area contributed by atoms with E-state index < -0.39 is 0 Å². The van der Waals surface area contributed by atoms with Crippen LogP contribution in [0.4, 0.5) is 0 Å². The van der Waals surface area contributed by atoms with Gasteiger partial charge in [0.05, 0.1) is 20.3 Å². The second kappa shape index (κ2) is 12.6. The predicted molar refractivity (Wildman–Crippen MR) is 119 cm³/mol. The van der Waals surface area contributed by atoms with Crippen LogP contribution in [0.2, 0.25) is 0 Å². The number of nitrogens with one attached hydrogen (secondary N) is 2. The van der Waals surface area contributed by atoms with E-state index in [-0.39, 0.29) is 5.75 Å². The number of guanidine groups is 1. The molecule has 3 N–H and O–H groups in total. The third-order valence-corrected chi connectivity index (χ3v) is 4.40. The highest BCUT2D eigenvalue weighted by atomic mass is 16.5. The summed E-state index contributed by atoms with van der Waals surface area (Å²) in [7, 11) is 1.60. The van der Waals surface area contributed by atoms with Gasteiger partial charge in [-0.05, 0) is 50.6 Å². The van der Waals surface area contributed by atoms with Crippen LogP contribution >= 0.6 is 0 Å². The van der Waals surface area contributed by atoms with Gasteiger partial charge in [0, 0.05) is 30.8 Å². The number of rotatable bonds is 11. The van der Waals surface area contributed by atoms with Gasteiger partial charge in [0.25, 0.3) is 0 Å². The third-order valence-electron chi connectivity index (χ3n) is 4.40. The van der Waals surface area contributed by atoms with E-state index in [4.69, 9.17) is 14.2 Å². The average molecular weight is 416 g/mol. The normalized spacial score (nSPS) is 11.3. The van der Waals surface area contributed by atoms with E-state index >= 15 is 0 Å². The van der Waals surface area contributed by atoms with Crippen molar-refractivity contribution in [2.24, 2.45) is 4.99 Å². The van der Waals surface area contributed by atoms with Crippen molar-refractivity contribution in [2.45, 2.75) is 33.9 Å². The Balaban J connectivity index is 2.06. The zero-order chi connectivity index (χ0) is 21.8. The van der Waals surface area contributed by atoms with Gasteiger partial charge in [-0.3, -0.25) is 0 Å². The van der Waals surface area contributed by atoms with Gasteiger partial charge in [0.15, 0.2) is 5.96 Å². The van der Waals surface area contributed by atoms with Crippen LogP contribution in [-0.4, -0.2) is 44.5 Å². The summed E-state index contributed by atoms with van der Waals surface area (Å²) in [5.74, 6) is 2.37. The summed E-state index contributed by atoms with van der Waals surface area (Å²) in [6.45, 7) is 9.36. The van der Waals surface area contributed by atoms with E-state index in [0.29, 0.717) is 50.2 Å². The van der Waals surface area contributed by atoms with Gasteiger partial charge in [-0.15, -0.1) is 0 Å². The van der Waals surface area contributed by atoms with Crippen LogP contribution in [0.25, 0.3) is 0 Å². The van der Waals surface area contributed by atoms with Gasteiger partial charge in [0.1, 0.15) is 23.9 Å². The fourth-order valence-electron chi connectivity index (χ4n) is 2.80. The van der Waals surface area contributed by atoms with Crippen molar-refractivity contribution in [3.05, 3.63) is 53.1 Å². The molecule has 7 heteroatoms. The molecule has 0 aromatic heterocycles. The molecule has 0 heterocycles. The molecule has 7 nitrogen and oxygen atoms in total. The summed E-state index contributed by atoms with van der Waals surface area (Å²) in [5, 5.41) is 16.6. The maximum atomic E-state index is 10.1. The molecular weight excluding hydrogens is 382 g/mol. The molecule has 0 atom stereocenters. The first-order chi connectivity index (χ1) is 14.6. The lowest BCUT2D eigenvalue weighted by molar-refractivity contribution is 0.110. The first-order valence-electron chi connectivity index (χ1n) is 10.3. The Morgan fingerprint density at radius 3 is 2.60 bits per heavy atom. The second-order valence-electron chi connectivity index (χ2n) is 6.70. The summed E-state index contributed by atoms with van der Waals surface area (Å²) in [4.78, 5) is 4.59. The molecule has 164 valence electrons. The maximum Gasteiger partial charge on any atom is 0.191 e. The molecule has 2 aromatic carbocycles. The zero-order valence-corrected chi connectivity index (χ0v) is 18.3. The molecule has 0 saturated heterocycles. The molecule has 0 unspecified atom stereocenters. The minimum absolute atomic E-state index is 0.193. The number of aliphatic imine (C=N–C) groups is 1. The molecule has 0 aliphatic carbocycles. The number of nitrogens with zero attached hydrogens (tertiary/aromatic N) is 1. The molecular formula is C23H33N3O4. The van der Waals surface area contributed by atoms with Crippen molar-refractivity contribution in [2.75, 3.05) is 33.5 Å². The number of methoxy groups -OCH3 is 1. The van der Waals surface area contributed by atoms with Crippen LogP contribution in [-0.2, 0) is 17.8 Å². The molecule has 0 aliphatic heterocycles. The van der Waals surface area contributed by atoms with Crippen molar-refractivity contribution in [3.8, 4) is 17.2 Å². The summed E-state index contributed by atoms with van der Waals surface area (Å²) < 4.78 is 16.5. The van der Waals surface area contributed by atoms with E-state index in [1.165, 1.54) is 0 Å². The number of phenols is 1. The number of benzene rings is 2. The number of hydrogen-bond donors (Lipinski definition) is 3. The van der Waals surface area contributed by atoms with Gasteiger partial charge in [-0.25, -0.2) is 4.99 Å². The van der Waals surface area contributed by atoms with Gasteiger partial charge >= 0.3 is 0 Å². The Kier molecular flexibility index (Phi) is 9.80. The average Bonchev–Trinajstić information content (AvgIpc) is 2.75. The SMILES string of the molecule is CCNC(=NCc1cc(OC)ccc1O)NCc1ccc(C)cc1OCCOCC. The number of hydrogen-bond acceptors (Lipinski definition) is 5. The Hall–Kier alpha value is -2.93. The van der Waals surface area contributed by atoms with E-state index in [9.17, 15) is 5.11 Å². The molecule has 2 aromatic rings. The highest BCUT2D eigenvalue weighted by Gasteiger charge is 2.07. The number of aromatic hydroxyl groups is 1. The maximum absolute atomic E-state index is 10.1. The summed E-state index contributed by atoms with van der Waals surface area (Å²) >= 11 is 0. The Morgan fingerprint density at radius 1 is 1.03 bits per heavy atom. The van der Waals surface area contributed by atoms with Crippen molar-refractivity contribution < 1.29 is 19.3 Å². The molecule has 30 heavy (non-hydrogen) atoms. The highest BCUT2D eigenvalue weighted by molar-refractivity contribution is 5.79. The quantitative estimate of drug-likeness (QED) is 0.296. The summed E-state index contributed by atoms with van der Waals surface area (Å²) in [6.07, 6.45) is 0. The monoisotopic (exact) mass is 415 g/mol. The Labute approximate surface area is 179 Å². The molecule has 0 spiro atoms. The van der Waals surface area contributed by atoms with E-state index in [1.54, 1.807) is 25.3 Å². The first kappa shape index (κ1) is 23.3. The topological polar surface area (TPSA) is 84.3 Å². The second-order valence-corrected chi connectivity index (χ2v) is 6.70. The molecule has 0 saturated carbocycles. The molecule has 0 radical (unpaired) electrons. The summed E-state index contributed by atoms with van der Waals surface area (Å²) in [6, 6.07) is 11.3. The fraction of sp³-hybridized carbons (Fsp3) is 0.435. The largest absolute Gasteiger partial charge is 0.508 e. The molecule has 0 aliphatic rings. The van der Waals surface area contributed by atoms with Crippen LogP contribution < -0.4 is 20.1 Å². The number of aryl methyl sites for hydroxylation is 1. The first-order valence-corrected chi connectivity index (χ1v) is 10.3. The van der Waals surface area contributed by atoms with Crippen LogP contribution in [0.15, 0.2) is 41.4 Å². The van der Waals surface area contributed by atoms with Gasteiger partial charge in [-0.1, -0.05) is 12.1 Å². The summed E-state index contributed by atoms with van der Waals surface area (Å²) in [5.41, 5.74) is 2.87. The van der Waals surface area contributed by atoms with Crippen molar-refractivity contribution >= 4 is 5.96 Å². The lowest BCUT2D eigenvalue weighted by atomic mass is 10.1. The third kappa shape index (κ3) is 7.48. The lowest BCUT2D eigenvalue weighted by Gasteiger charge is -2.15. The molecule has 2 rings (SSSR count). The van der Waals surface area contributed by atoms with Crippen molar-refractivity contribution in [3.63, 3.8) is 0 Å². The van der Waals surface area contributed by atoms with Gasteiger partial charge in [0.2, 0.25) is 0 Å². The minimum atomic E-state index is 0.193. The Morgan fingerprint density at radius 2 is 1.87 bits per heavy atom. The molecule has 0 fully saturated rings. The van der Waals surface area contributed by atoms with Crippen LogP contribution in [0.1, 0.15) is 30.5 Å². The number of ether oxygens (including phenoxy) is 3. The predicted octanol–water partition coefficient (Wildman–Crippen LogP) is 3.38.